The third kappa shape index (κ3) is 5.81. The van der Waals surface area contributed by atoms with Crippen LogP contribution in [-0.4, -0.2) is 50.3 Å². The summed E-state index contributed by atoms with van der Waals surface area (Å²) in [7, 11) is 0. The molecule has 1 aliphatic heterocycles. The number of hydrogen-bond acceptors (Lipinski definition) is 6. The molecule has 2 N–H and O–H groups in total. The number of rotatable bonds is 9. The zero-order chi connectivity index (χ0) is 20.8. The molecule has 7 heteroatoms. The Morgan fingerprint density at radius 1 is 1.28 bits per heavy atom. The lowest BCUT2D eigenvalue weighted by Gasteiger charge is -2.27. The maximum atomic E-state index is 12.0. The van der Waals surface area contributed by atoms with Gasteiger partial charge in [0.15, 0.2) is 5.78 Å². The van der Waals surface area contributed by atoms with Crippen LogP contribution in [0.2, 0.25) is 0 Å². The van der Waals surface area contributed by atoms with Gasteiger partial charge in [-0.3, -0.25) is 9.59 Å². The van der Waals surface area contributed by atoms with Gasteiger partial charge in [-0.15, -0.1) is 0 Å². The molecule has 1 amide bonds. The maximum absolute atomic E-state index is 12.0. The van der Waals surface area contributed by atoms with E-state index in [1.165, 1.54) is 6.92 Å². The number of carbonyl (C=O) groups excluding carboxylic acids is 2. The molecule has 3 aliphatic rings. The predicted molar refractivity (Wildman–Crippen MR) is 107 cm³/mol. The number of hydrogen-bond donors (Lipinski definition) is 1. The highest BCUT2D eigenvalue weighted by molar-refractivity contribution is 5.97. The van der Waals surface area contributed by atoms with Gasteiger partial charge in [0.2, 0.25) is 5.91 Å². The largest absolute Gasteiger partial charge is 0.492 e. The summed E-state index contributed by atoms with van der Waals surface area (Å²) >= 11 is 0. The van der Waals surface area contributed by atoms with E-state index in [4.69, 9.17) is 24.7 Å². The van der Waals surface area contributed by atoms with Gasteiger partial charge >= 0.3 is 0 Å². The molecule has 0 spiro atoms. The third-order valence-electron chi connectivity index (χ3n) is 5.24. The second-order valence-corrected chi connectivity index (χ2v) is 7.51. The lowest BCUT2D eigenvalue weighted by Crippen LogP contribution is -2.24. The molecule has 0 bridgehead atoms. The van der Waals surface area contributed by atoms with Gasteiger partial charge in [0.05, 0.1) is 19.3 Å². The predicted octanol–water partition coefficient (Wildman–Crippen LogP) is 2.33. The van der Waals surface area contributed by atoms with Crippen molar-refractivity contribution in [2.45, 2.75) is 45.3 Å². The second-order valence-electron chi connectivity index (χ2n) is 7.51. The van der Waals surface area contributed by atoms with Crippen LogP contribution in [0.15, 0.2) is 47.0 Å². The highest BCUT2D eigenvalue weighted by atomic mass is 16.6. The van der Waals surface area contributed by atoms with Gasteiger partial charge in [0.25, 0.3) is 0 Å². The molecule has 1 saturated heterocycles. The number of nitrogens with two attached hydrogens (primary N) is 1. The van der Waals surface area contributed by atoms with Gasteiger partial charge in [-0.2, -0.15) is 0 Å². The molecule has 29 heavy (non-hydrogen) atoms. The molecular formula is C22H29NO6. The minimum Gasteiger partial charge on any atom is -0.492 e. The SMILES string of the molecule is CC(=O)C1=C(OC2C=CC(OCCOC3CCOC3)=CC2C)C=C(C(N)=O)CC1. The molecule has 0 radical (unpaired) electrons. The number of amides is 1. The van der Waals surface area contributed by atoms with Crippen molar-refractivity contribution in [1.29, 1.82) is 0 Å². The van der Waals surface area contributed by atoms with E-state index < -0.39 is 5.91 Å². The zero-order valence-electron chi connectivity index (χ0n) is 17.0. The fourth-order valence-corrected chi connectivity index (χ4v) is 3.53. The Balaban J connectivity index is 1.55. The molecule has 158 valence electrons. The van der Waals surface area contributed by atoms with E-state index in [-0.39, 0.29) is 23.9 Å². The van der Waals surface area contributed by atoms with Crippen LogP contribution in [0.4, 0.5) is 0 Å². The summed E-state index contributed by atoms with van der Waals surface area (Å²) in [4.78, 5) is 23.5. The highest BCUT2D eigenvalue weighted by Gasteiger charge is 2.25. The first-order valence-corrected chi connectivity index (χ1v) is 10.1. The molecule has 3 unspecified atom stereocenters. The zero-order valence-corrected chi connectivity index (χ0v) is 17.0. The Bertz CT molecular complexity index is 757. The number of primary amides is 1. The summed E-state index contributed by atoms with van der Waals surface area (Å²) in [6.45, 7) is 5.92. The fourth-order valence-electron chi connectivity index (χ4n) is 3.53. The van der Waals surface area contributed by atoms with Crippen LogP contribution >= 0.6 is 0 Å². The molecule has 0 aromatic rings. The molecule has 2 aliphatic carbocycles. The summed E-state index contributed by atoms with van der Waals surface area (Å²) in [5.74, 6) is 0.694. The van der Waals surface area contributed by atoms with Gasteiger partial charge in [-0.25, -0.2) is 0 Å². The van der Waals surface area contributed by atoms with Crippen molar-refractivity contribution < 1.29 is 28.5 Å². The van der Waals surface area contributed by atoms with Crippen LogP contribution in [0.1, 0.15) is 33.1 Å². The second kappa shape index (κ2) is 9.89. The van der Waals surface area contributed by atoms with Crippen LogP contribution in [0, 0.1) is 5.92 Å². The molecule has 3 atom stereocenters. The fraction of sp³-hybridized carbons (Fsp3) is 0.545. The minimum absolute atomic E-state index is 0.0345. The van der Waals surface area contributed by atoms with Gasteiger partial charge in [-0.05, 0) is 50.5 Å². The summed E-state index contributed by atoms with van der Waals surface area (Å²) in [5.41, 5.74) is 6.47. The van der Waals surface area contributed by atoms with Crippen molar-refractivity contribution in [1.82, 2.24) is 0 Å². The van der Waals surface area contributed by atoms with Crippen LogP contribution in [0.25, 0.3) is 0 Å². The number of Topliss-reactive ketones (excluding diaryl/α,β-unsaturated/α-hetero) is 1. The van der Waals surface area contributed by atoms with E-state index in [0.717, 1.165) is 18.8 Å². The molecule has 1 heterocycles. The van der Waals surface area contributed by atoms with Crippen molar-refractivity contribution in [3.05, 3.63) is 47.0 Å². The quantitative estimate of drug-likeness (QED) is 0.594. The Morgan fingerprint density at radius 2 is 2.10 bits per heavy atom. The average Bonchev–Trinajstić information content (AvgIpc) is 3.20. The van der Waals surface area contributed by atoms with E-state index in [9.17, 15) is 9.59 Å². The van der Waals surface area contributed by atoms with Crippen molar-refractivity contribution in [2.75, 3.05) is 26.4 Å². The molecular weight excluding hydrogens is 374 g/mol. The summed E-state index contributed by atoms with van der Waals surface area (Å²) in [5, 5.41) is 0. The Kier molecular flexibility index (Phi) is 7.28. The lowest BCUT2D eigenvalue weighted by atomic mass is 9.93. The average molecular weight is 403 g/mol. The van der Waals surface area contributed by atoms with Gasteiger partial charge < -0.3 is 24.7 Å². The normalized spacial score (nSPS) is 26.8. The first-order chi connectivity index (χ1) is 13.9. The smallest absolute Gasteiger partial charge is 0.244 e. The maximum Gasteiger partial charge on any atom is 0.244 e. The third-order valence-corrected chi connectivity index (χ3v) is 5.24. The first kappa shape index (κ1) is 21.3. The van der Waals surface area contributed by atoms with Crippen LogP contribution in [0.5, 0.6) is 0 Å². The molecule has 0 aromatic carbocycles. The van der Waals surface area contributed by atoms with Crippen molar-refractivity contribution in [3.63, 3.8) is 0 Å². The summed E-state index contributed by atoms with van der Waals surface area (Å²) < 4.78 is 22.8. The Morgan fingerprint density at radius 3 is 2.76 bits per heavy atom. The van der Waals surface area contributed by atoms with Gasteiger partial charge in [0, 0.05) is 23.7 Å². The highest BCUT2D eigenvalue weighted by Crippen LogP contribution is 2.30. The van der Waals surface area contributed by atoms with Gasteiger partial charge in [0.1, 0.15) is 24.2 Å². The summed E-state index contributed by atoms with van der Waals surface area (Å²) in [6.07, 6.45) is 9.11. The van der Waals surface area contributed by atoms with E-state index in [1.54, 1.807) is 6.08 Å². The topological polar surface area (TPSA) is 97.1 Å². The van der Waals surface area contributed by atoms with Crippen LogP contribution in [-0.2, 0) is 28.5 Å². The standard InChI is InChI=1S/C22H29NO6/c1-14-11-17(27-9-10-28-18-7-8-26-13-18)4-6-20(14)29-21-12-16(22(23)25)3-5-19(21)15(2)24/h4,6,11-12,14,18,20H,3,5,7-10,13H2,1-2H3,(H2,23,25). The minimum atomic E-state index is -0.483. The Labute approximate surface area is 171 Å². The number of ketones is 1. The van der Waals surface area contributed by atoms with Crippen molar-refractivity contribution >= 4 is 11.7 Å². The molecule has 7 nitrogen and oxygen atoms in total. The molecule has 0 saturated carbocycles. The number of allylic oxidation sites excluding steroid dienone is 3. The van der Waals surface area contributed by atoms with Crippen molar-refractivity contribution in [3.8, 4) is 0 Å². The first-order valence-electron chi connectivity index (χ1n) is 10.1. The van der Waals surface area contributed by atoms with E-state index in [2.05, 4.69) is 0 Å². The molecule has 1 fully saturated rings. The van der Waals surface area contributed by atoms with Crippen LogP contribution < -0.4 is 5.73 Å². The number of carbonyl (C=O) groups is 2. The Hall–Kier alpha value is -2.38. The molecule has 0 aromatic heterocycles. The monoisotopic (exact) mass is 403 g/mol. The number of ether oxygens (including phenoxy) is 4. The van der Waals surface area contributed by atoms with Gasteiger partial charge in [-0.1, -0.05) is 6.92 Å². The molecule has 3 rings (SSSR count). The van der Waals surface area contributed by atoms with E-state index >= 15 is 0 Å². The van der Waals surface area contributed by atoms with Crippen LogP contribution in [0.3, 0.4) is 0 Å². The van der Waals surface area contributed by atoms with Crippen molar-refractivity contribution in [2.24, 2.45) is 11.7 Å². The lowest BCUT2D eigenvalue weighted by molar-refractivity contribution is -0.116. The summed E-state index contributed by atoms with van der Waals surface area (Å²) in [6, 6.07) is 0. The van der Waals surface area contributed by atoms with E-state index in [0.29, 0.717) is 49.6 Å². The van der Waals surface area contributed by atoms with E-state index in [1.807, 2.05) is 25.2 Å².